The highest BCUT2D eigenvalue weighted by Gasteiger charge is 2.32. The molecule has 13 heteroatoms. The molecule has 8 nitrogen and oxygen atoms in total. The van der Waals surface area contributed by atoms with Crippen molar-refractivity contribution in [1.82, 2.24) is 4.98 Å². The minimum absolute atomic E-state index is 0.0319. The zero-order valence-electron chi connectivity index (χ0n) is 20.2. The van der Waals surface area contributed by atoms with Gasteiger partial charge in [-0.15, -0.1) is 11.3 Å². The number of nitrogens with two attached hydrogens (primary N) is 1. The summed E-state index contributed by atoms with van der Waals surface area (Å²) in [6.07, 6.45) is 0.711. The molecule has 4 aromatic rings. The van der Waals surface area contributed by atoms with Crippen LogP contribution < -0.4 is 24.8 Å². The van der Waals surface area contributed by atoms with E-state index >= 15 is 4.39 Å². The first-order valence-electron chi connectivity index (χ1n) is 11.0. The SMILES string of the molecule is COc1ccc(CN(c2nccs2)S(=O)(=O)c2cc(Cl)c(N[C@@H](N)c3ccc(Cl)cc3)cc2F)c(OC)c1. The molecule has 1 atom stereocenters. The Balaban J connectivity index is 1.69. The zero-order chi connectivity index (χ0) is 27.4. The quantitative estimate of drug-likeness (QED) is 0.214. The molecule has 1 heterocycles. The summed E-state index contributed by atoms with van der Waals surface area (Å²) in [5.41, 5.74) is 7.50. The summed E-state index contributed by atoms with van der Waals surface area (Å²) < 4.78 is 54.6. The first-order valence-corrected chi connectivity index (χ1v) is 14.1. The van der Waals surface area contributed by atoms with E-state index in [2.05, 4.69) is 10.3 Å². The number of methoxy groups -OCH3 is 2. The number of hydrogen-bond donors (Lipinski definition) is 2. The molecule has 0 spiro atoms. The Bertz CT molecular complexity index is 1520. The minimum atomic E-state index is -4.46. The Morgan fingerprint density at radius 2 is 1.84 bits per heavy atom. The van der Waals surface area contributed by atoms with E-state index in [9.17, 15) is 8.42 Å². The van der Waals surface area contributed by atoms with Crippen LogP contribution in [-0.4, -0.2) is 27.6 Å². The van der Waals surface area contributed by atoms with Gasteiger partial charge in [-0.25, -0.2) is 22.1 Å². The fourth-order valence-electron chi connectivity index (χ4n) is 3.61. The Hall–Kier alpha value is -3.09. The standard InChI is InChI=1S/C25H23Cl2FN4O4S2/c1-35-18-8-5-16(22(11-18)36-2)14-32(25-30-9-10-37-25)38(33,34)23-12-19(27)21(13-20(23)28)31-24(29)15-3-6-17(26)7-4-15/h3-13,24,31H,14,29H2,1-2H3/t24-/m1/s1. The highest BCUT2D eigenvalue weighted by molar-refractivity contribution is 7.93. The van der Waals surface area contributed by atoms with Crippen molar-refractivity contribution in [3.05, 3.63) is 93.2 Å². The molecule has 0 aliphatic heterocycles. The van der Waals surface area contributed by atoms with E-state index in [-0.39, 0.29) is 22.4 Å². The summed E-state index contributed by atoms with van der Waals surface area (Å²) >= 11 is 13.4. The van der Waals surface area contributed by atoms with E-state index in [1.807, 2.05) is 0 Å². The highest BCUT2D eigenvalue weighted by atomic mass is 35.5. The number of rotatable bonds is 10. The molecular formula is C25H23Cl2FN4O4S2. The Morgan fingerprint density at radius 3 is 2.47 bits per heavy atom. The van der Waals surface area contributed by atoms with Crippen LogP contribution in [0.15, 0.2) is 71.1 Å². The largest absolute Gasteiger partial charge is 0.497 e. The van der Waals surface area contributed by atoms with E-state index in [1.54, 1.807) is 47.8 Å². The summed E-state index contributed by atoms with van der Waals surface area (Å²) in [7, 11) is -1.49. The molecule has 0 bridgehead atoms. The lowest BCUT2D eigenvalue weighted by molar-refractivity contribution is 0.391. The number of ether oxygens (including phenoxy) is 2. The van der Waals surface area contributed by atoms with Gasteiger partial charge in [0, 0.05) is 28.2 Å². The Kier molecular flexibility index (Phi) is 8.64. The van der Waals surface area contributed by atoms with Gasteiger partial charge < -0.3 is 20.5 Å². The van der Waals surface area contributed by atoms with Crippen molar-refractivity contribution in [3.63, 3.8) is 0 Å². The van der Waals surface area contributed by atoms with Gasteiger partial charge in [0.25, 0.3) is 10.0 Å². The molecule has 0 unspecified atom stereocenters. The average Bonchev–Trinajstić information content (AvgIpc) is 3.43. The van der Waals surface area contributed by atoms with Gasteiger partial charge in [-0.2, -0.15) is 0 Å². The fraction of sp³-hybridized carbons (Fsp3) is 0.160. The van der Waals surface area contributed by atoms with Crippen LogP contribution >= 0.6 is 34.5 Å². The number of anilines is 2. The van der Waals surface area contributed by atoms with Crippen molar-refractivity contribution in [2.45, 2.75) is 17.6 Å². The second-order valence-corrected chi connectivity index (χ2v) is 11.5. The molecule has 38 heavy (non-hydrogen) atoms. The predicted molar refractivity (Wildman–Crippen MR) is 148 cm³/mol. The lowest BCUT2D eigenvalue weighted by Gasteiger charge is -2.24. The van der Waals surface area contributed by atoms with Crippen LogP contribution in [0.25, 0.3) is 0 Å². The van der Waals surface area contributed by atoms with Gasteiger partial charge in [-0.1, -0.05) is 35.3 Å². The van der Waals surface area contributed by atoms with Crippen LogP contribution in [0.4, 0.5) is 15.2 Å². The first-order chi connectivity index (χ1) is 18.1. The molecule has 200 valence electrons. The molecule has 0 saturated carbocycles. The first kappa shape index (κ1) is 27.9. The van der Waals surface area contributed by atoms with Crippen LogP contribution in [0, 0.1) is 5.82 Å². The number of aromatic nitrogens is 1. The van der Waals surface area contributed by atoms with E-state index < -0.39 is 26.9 Å². The smallest absolute Gasteiger partial charge is 0.269 e. The molecule has 1 aromatic heterocycles. The molecule has 0 aliphatic carbocycles. The van der Waals surface area contributed by atoms with E-state index in [1.165, 1.54) is 20.4 Å². The van der Waals surface area contributed by atoms with Crippen LogP contribution in [0.1, 0.15) is 17.3 Å². The zero-order valence-corrected chi connectivity index (χ0v) is 23.3. The van der Waals surface area contributed by atoms with Crippen molar-refractivity contribution in [1.29, 1.82) is 0 Å². The maximum absolute atomic E-state index is 15.4. The van der Waals surface area contributed by atoms with E-state index in [0.29, 0.717) is 27.6 Å². The van der Waals surface area contributed by atoms with Gasteiger partial charge in [0.2, 0.25) is 0 Å². The van der Waals surface area contributed by atoms with E-state index in [4.69, 9.17) is 38.4 Å². The second-order valence-electron chi connectivity index (χ2n) is 7.94. The van der Waals surface area contributed by atoms with Crippen molar-refractivity contribution in [3.8, 4) is 11.5 Å². The average molecular weight is 598 g/mol. The summed E-state index contributed by atoms with van der Waals surface area (Å²) in [6.45, 7) is -0.179. The van der Waals surface area contributed by atoms with Crippen LogP contribution in [0.5, 0.6) is 11.5 Å². The topological polar surface area (TPSA) is 107 Å². The van der Waals surface area contributed by atoms with Gasteiger partial charge in [-0.3, -0.25) is 0 Å². The molecule has 0 fully saturated rings. The number of halogens is 3. The summed E-state index contributed by atoms with van der Waals surface area (Å²) in [5.74, 6) is -0.0780. The molecule has 3 N–H and O–H groups in total. The Morgan fingerprint density at radius 1 is 1.11 bits per heavy atom. The number of sulfonamides is 1. The summed E-state index contributed by atoms with van der Waals surface area (Å²) in [5, 5.41) is 5.18. The number of benzene rings is 3. The Labute approximate surface area is 233 Å². The number of nitrogens with zero attached hydrogens (tertiary/aromatic N) is 2. The maximum atomic E-state index is 15.4. The molecule has 0 aliphatic rings. The van der Waals surface area contributed by atoms with Gasteiger partial charge in [0.15, 0.2) is 5.13 Å². The number of nitrogens with one attached hydrogen (secondary N) is 1. The van der Waals surface area contributed by atoms with Crippen molar-refractivity contribution < 1.29 is 22.3 Å². The fourth-order valence-corrected chi connectivity index (χ4v) is 6.36. The lowest BCUT2D eigenvalue weighted by Crippen LogP contribution is -2.31. The van der Waals surface area contributed by atoms with Crippen molar-refractivity contribution in [2.75, 3.05) is 23.8 Å². The third kappa shape index (κ3) is 5.97. The van der Waals surface area contributed by atoms with Crippen LogP contribution in [-0.2, 0) is 16.6 Å². The van der Waals surface area contributed by atoms with Gasteiger partial charge in [-0.05, 0) is 42.0 Å². The molecule has 3 aromatic carbocycles. The maximum Gasteiger partial charge on any atom is 0.269 e. The van der Waals surface area contributed by atoms with Crippen LogP contribution in [0.3, 0.4) is 0 Å². The molecule has 0 radical (unpaired) electrons. The number of hydrogen-bond acceptors (Lipinski definition) is 8. The highest BCUT2D eigenvalue weighted by Crippen LogP contribution is 2.36. The monoisotopic (exact) mass is 596 g/mol. The van der Waals surface area contributed by atoms with E-state index in [0.717, 1.165) is 27.8 Å². The van der Waals surface area contributed by atoms with Crippen molar-refractivity contribution >= 4 is 55.4 Å². The molecule has 0 amide bonds. The second kappa shape index (κ2) is 11.7. The molecule has 0 saturated heterocycles. The predicted octanol–water partition coefficient (Wildman–Crippen LogP) is 6.07. The summed E-state index contributed by atoms with van der Waals surface area (Å²) in [4.78, 5) is 3.53. The van der Waals surface area contributed by atoms with Crippen LogP contribution in [0.2, 0.25) is 10.0 Å². The minimum Gasteiger partial charge on any atom is -0.497 e. The molecule has 4 rings (SSSR count). The van der Waals surface area contributed by atoms with Gasteiger partial charge >= 0.3 is 0 Å². The third-order valence-corrected chi connectivity index (χ3v) is 8.80. The van der Waals surface area contributed by atoms with Crippen molar-refractivity contribution in [2.24, 2.45) is 5.73 Å². The van der Waals surface area contributed by atoms with Gasteiger partial charge in [0.05, 0.1) is 31.5 Å². The summed E-state index contributed by atoms with van der Waals surface area (Å²) in [6, 6.07) is 13.8. The normalized spacial score (nSPS) is 12.2. The van der Waals surface area contributed by atoms with Gasteiger partial charge in [0.1, 0.15) is 28.4 Å². The molecular weight excluding hydrogens is 574 g/mol. The lowest BCUT2D eigenvalue weighted by atomic mass is 10.1. The number of thiazole rings is 1. The third-order valence-electron chi connectivity index (χ3n) is 5.57.